The highest BCUT2D eigenvalue weighted by Crippen LogP contribution is 2.20. The Kier molecular flexibility index (Phi) is 5.01. The quantitative estimate of drug-likeness (QED) is 0.512. The summed E-state index contributed by atoms with van der Waals surface area (Å²) >= 11 is 7.44. The Labute approximate surface area is 161 Å². The number of H-pyrrole nitrogens is 1. The van der Waals surface area contributed by atoms with Crippen LogP contribution in [0, 0.1) is 0 Å². The van der Waals surface area contributed by atoms with Crippen LogP contribution in [0.3, 0.4) is 0 Å². The fourth-order valence-electron chi connectivity index (χ4n) is 2.41. The van der Waals surface area contributed by atoms with Gasteiger partial charge < -0.3 is 9.72 Å². The number of nitrogens with one attached hydrogen (secondary N) is 1. The van der Waals surface area contributed by atoms with Crippen molar-refractivity contribution in [1.29, 1.82) is 0 Å². The molecule has 0 aliphatic heterocycles. The Balaban J connectivity index is 1.42. The summed E-state index contributed by atoms with van der Waals surface area (Å²) in [5.41, 5.74) is 3.46. The van der Waals surface area contributed by atoms with Crippen LogP contribution in [-0.2, 0) is 23.2 Å². The molecule has 8 heteroatoms. The molecule has 0 spiro atoms. The van der Waals surface area contributed by atoms with Crippen molar-refractivity contribution in [3.63, 3.8) is 0 Å². The van der Waals surface area contributed by atoms with Crippen molar-refractivity contribution in [2.75, 3.05) is 0 Å². The number of rotatable bonds is 6. The first-order chi connectivity index (χ1) is 12.7. The van der Waals surface area contributed by atoms with Gasteiger partial charge in [-0.15, -0.1) is 11.3 Å². The molecular weight excluding hydrogens is 390 g/mol. The van der Waals surface area contributed by atoms with Crippen LogP contribution in [-0.4, -0.2) is 19.2 Å². The van der Waals surface area contributed by atoms with Crippen molar-refractivity contribution in [3.05, 3.63) is 69.6 Å². The van der Waals surface area contributed by atoms with Crippen LogP contribution in [0.25, 0.3) is 11.0 Å². The topological polar surface area (TPSA) is 67.9 Å². The molecule has 3 heterocycles. The standard InChI is InChI=1S/C18H14ClN3O2S2/c19-13-3-1-12(2-4-13)8-24-15-5-6-20-14(7-15)11-26(23)18-21-16-9-25-10-17(16)22-18/h1-7,9-10H,8,11H2,(H,21,22). The second-order valence-electron chi connectivity index (χ2n) is 5.60. The number of benzene rings is 1. The van der Waals surface area contributed by atoms with Gasteiger partial charge in [-0.1, -0.05) is 23.7 Å². The average molecular weight is 404 g/mol. The van der Waals surface area contributed by atoms with Gasteiger partial charge in [0, 0.05) is 28.0 Å². The van der Waals surface area contributed by atoms with Gasteiger partial charge in [0.05, 0.1) is 27.8 Å². The zero-order chi connectivity index (χ0) is 17.9. The molecule has 0 radical (unpaired) electrons. The van der Waals surface area contributed by atoms with Gasteiger partial charge in [-0.2, -0.15) is 0 Å². The molecule has 4 rings (SSSR count). The van der Waals surface area contributed by atoms with Crippen LogP contribution >= 0.6 is 22.9 Å². The normalized spacial score (nSPS) is 12.3. The summed E-state index contributed by atoms with van der Waals surface area (Å²) in [6, 6.07) is 11.1. The Hall–Kier alpha value is -2.22. The predicted octanol–water partition coefficient (Wildman–Crippen LogP) is 4.56. The lowest BCUT2D eigenvalue weighted by Gasteiger charge is -2.07. The first kappa shape index (κ1) is 17.2. The molecule has 132 valence electrons. The molecule has 0 amide bonds. The molecule has 0 saturated carbocycles. The van der Waals surface area contributed by atoms with E-state index in [2.05, 4.69) is 15.0 Å². The summed E-state index contributed by atoms with van der Waals surface area (Å²) in [6.07, 6.45) is 1.66. The molecule has 0 saturated heterocycles. The van der Waals surface area contributed by atoms with Gasteiger partial charge in [-0.25, -0.2) is 4.98 Å². The van der Waals surface area contributed by atoms with Gasteiger partial charge in [0.25, 0.3) is 0 Å². The van der Waals surface area contributed by atoms with Crippen molar-refractivity contribution in [3.8, 4) is 5.75 Å². The van der Waals surface area contributed by atoms with Crippen molar-refractivity contribution >= 4 is 44.8 Å². The Morgan fingerprint density at radius 1 is 1.19 bits per heavy atom. The lowest BCUT2D eigenvalue weighted by molar-refractivity contribution is 0.305. The van der Waals surface area contributed by atoms with Gasteiger partial charge in [-0.3, -0.25) is 9.19 Å². The van der Waals surface area contributed by atoms with E-state index in [0.29, 0.717) is 28.2 Å². The van der Waals surface area contributed by atoms with E-state index in [4.69, 9.17) is 16.3 Å². The number of thiophene rings is 1. The molecular formula is C18H14ClN3O2S2. The van der Waals surface area contributed by atoms with E-state index in [0.717, 1.165) is 16.6 Å². The summed E-state index contributed by atoms with van der Waals surface area (Å²) in [6.45, 7) is 0.429. The molecule has 3 aromatic heterocycles. The summed E-state index contributed by atoms with van der Waals surface area (Å²) < 4.78 is 18.3. The van der Waals surface area contributed by atoms with E-state index in [1.165, 1.54) is 0 Å². The first-order valence-corrected chi connectivity index (χ1v) is 10.4. The van der Waals surface area contributed by atoms with Crippen LogP contribution in [0.4, 0.5) is 0 Å². The fraction of sp³-hybridized carbons (Fsp3) is 0.111. The Morgan fingerprint density at radius 2 is 2.04 bits per heavy atom. The maximum absolute atomic E-state index is 12.5. The molecule has 4 aromatic rings. The van der Waals surface area contributed by atoms with Crippen molar-refractivity contribution in [2.24, 2.45) is 0 Å². The van der Waals surface area contributed by atoms with Crippen LogP contribution in [0.15, 0.2) is 58.5 Å². The van der Waals surface area contributed by atoms with Gasteiger partial charge in [0.1, 0.15) is 17.9 Å². The Bertz CT molecular complexity index is 1030. The predicted molar refractivity (Wildman–Crippen MR) is 104 cm³/mol. The molecule has 1 N–H and O–H groups in total. The zero-order valence-electron chi connectivity index (χ0n) is 13.5. The molecule has 5 nitrogen and oxygen atoms in total. The summed E-state index contributed by atoms with van der Waals surface area (Å²) in [7, 11) is -1.29. The molecule has 1 aromatic carbocycles. The number of hydrogen-bond donors (Lipinski definition) is 1. The largest absolute Gasteiger partial charge is 0.489 e. The monoisotopic (exact) mass is 403 g/mol. The minimum absolute atomic E-state index is 0.275. The maximum Gasteiger partial charge on any atom is 0.197 e. The highest BCUT2D eigenvalue weighted by atomic mass is 35.5. The third-order valence-corrected chi connectivity index (χ3v) is 5.87. The summed E-state index contributed by atoms with van der Waals surface area (Å²) in [5.74, 6) is 0.958. The first-order valence-electron chi connectivity index (χ1n) is 7.80. The lowest BCUT2D eigenvalue weighted by atomic mass is 10.2. The van der Waals surface area contributed by atoms with Gasteiger partial charge in [-0.05, 0) is 23.8 Å². The van der Waals surface area contributed by atoms with Crippen LogP contribution in [0.2, 0.25) is 5.02 Å². The minimum Gasteiger partial charge on any atom is -0.489 e. The van der Waals surface area contributed by atoms with E-state index in [9.17, 15) is 4.21 Å². The maximum atomic E-state index is 12.5. The highest BCUT2D eigenvalue weighted by Gasteiger charge is 2.12. The van der Waals surface area contributed by atoms with E-state index in [1.54, 1.807) is 29.7 Å². The van der Waals surface area contributed by atoms with Crippen LogP contribution in [0.1, 0.15) is 11.3 Å². The number of hydrogen-bond acceptors (Lipinski definition) is 5. The van der Waals surface area contributed by atoms with Crippen molar-refractivity contribution in [2.45, 2.75) is 17.5 Å². The number of aromatic nitrogens is 3. The van der Waals surface area contributed by atoms with Crippen molar-refractivity contribution < 1.29 is 8.95 Å². The minimum atomic E-state index is -1.29. The molecule has 0 fully saturated rings. The molecule has 0 bridgehead atoms. The second kappa shape index (κ2) is 7.57. The number of ether oxygens (including phenoxy) is 1. The number of imidazole rings is 1. The SMILES string of the molecule is O=S(Cc1cc(OCc2ccc(Cl)cc2)ccn1)c1nc2cscc2[nH]1. The van der Waals surface area contributed by atoms with E-state index in [1.807, 2.05) is 35.0 Å². The number of fused-ring (bicyclic) bond motifs is 1. The number of halogens is 1. The summed E-state index contributed by atoms with van der Waals surface area (Å²) in [4.78, 5) is 11.7. The van der Waals surface area contributed by atoms with Gasteiger partial charge in [0.15, 0.2) is 5.16 Å². The molecule has 1 unspecified atom stereocenters. The molecule has 1 atom stereocenters. The molecule has 0 aliphatic carbocycles. The number of nitrogens with zero attached hydrogens (tertiary/aromatic N) is 2. The third-order valence-electron chi connectivity index (χ3n) is 3.71. The smallest absolute Gasteiger partial charge is 0.197 e. The zero-order valence-corrected chi connectivity index (χ0v) is 15.9. The van der Waals surface area contributed by atoms with Crippen LogP contribution in [0.5, 0.6) is 5.75 Å². The van der Waals surface area contributed by atoms with Crippen molar-refractivity contribution in [1.82, 2.24) is 15.0 Å². The number of pyridine rings is 1. The summed E-state index contributed by atoms with van der Waals surface area (Å²) in [5, 5.41) is 5.04. The number of aromatic amines is 1. The van der Waals surface area contributed by atoms with Crippen LogP contribution < -0.4 is 4.74 Å². The molecule has 0 aliphatic rings. The fourth-order valence-corrected chi connectivity index (χ4v) is 4.21. The van der Waals surface area contributed by atoms with E-state index < -0.39 is 10.8 Å². The third kappa shape index (κ3) is 3.95. The van der Waals surface area contributed by atoms with E-state index in [-0.39, 0.29) is 5.75 Å². The average Bonchev–Trinajstić information content (AvgIpc) is 3.24. The lowest BCUT2D eigenvalue weighted by Crippen LogP contribution is -2.02. The van der Waals surface area contributed by atoms with E-state index >= 15 is 0 Å². The molecule has 26 heavy (non-hydrogen) atoms. The Morgan fingerprint density at radius 3 is 2.85 bits per heavy atom. The second-order valence-corrected chi connectivity index (χ2v) is 8.15. The highest BCUT2D eigenvalue weighted by molar-refractivity contribution is 7.84. The van der Waals surface area contributed by atoms with Gasteiger partial charge >= 0.3 is 0 Å². The van der Waals surface area contributed by atoms with Gasteiger partial charge in [0.2, 0.25) is 0 Å².